The van der Waals surface area contributed by atoms with Crippen LogP contribution in [0.2, 0.25) is 0 Å². The van der Waals surface area contributed by atoms with Gasteiger partial charge in [0.05, 0.1) is 12.8 Å². The normalized spacial score (nSPS) is 9.23. The highest BCUT2D eigenvalue weighted by Gasteiger charge is 2.08. The molecule has 5 heteroatoms. The number of rotatable bonds is 4. The van der Waals surface area contributed by atoms with Crippen molar-refractivity contribution in [2.24, 2.45) is 4.99 Å². The number of aliphatic imine (C=N–C) groups is 1. The van der Waals surface area contributed by atoms with Gasteiger partial charge in [-0.05, 0) is 69.0 Å². The first kappa shape index (κ1) is 29.3. The number of hydrogen-bond acceptors (Lipinski definition) is 4. The zero-order valence-corrected chi connectivity index (χ0v) is 19.5. The first-order chi connectivity index (χ1) is 14.2. The van der Waals surface area contributed by atoms with E-state index >= 15 is 0 Å². The number of carbonyl (C=O) groups excluding carboxylic acids is 1. The van der Waals surface area contributed by atoms with E-state index in [-0.39, 0.29) is 5.75 Å². The maximum absolute atomic E-state index is 12.3. The Morgan fingerprint density at radius 1 is 1.20 bits per heavy atom. The molecule has 0 spiro atoms. The Balaban J connectivity index is 0. The van der Waals surface area contributed by atoms with Gasteiger partial charge < -0.3 is 14.6 Å². The summed E-state index contributed by atoms with van der Waals surface area (Å²) in [6.45, 7) is 17.3. The van der Waals surface area contributed by atoms with Gasteiger partial charge in [0.25, 0.3) is 0 Å². The number of nitrogens with zero attached hydrogens (tertiary/aromatic N) is 1. The lowest BCUT2D eigenvalue weighted by Gasteiger charge is -2.12. The number of ether oxygens (including phenoxy) is 1. The van der Waals surface area contributed by atoms with Gasteiger partial charge in [0.15, 0.2) is 11.6 Å². The molecule has 2 aromatic carbocycles. The third kappa shape index (κ3) is 10.6. The maximum Gasteiger partial charge on any atom is 0.165 e. The number of allylic oxidation sites excluding steroid dienone is 1. The molecule has 0 unspecified atom stereocenters. The predicted octanol–water partition coefficient (Wildman–Crippen LogP) is 7.22. The maximum atomic E-state index is 12.3. The fourth-order valence-corrected chi connectivity index (χ4v) is 2.23. The summed E-state index contributed by atoms with van der Waals surface area (Å²) in [6.07, 6.45) is 3.47. The first-order valence-corrected chi connectivity index (χ1v) is 9.95. The van der Waals surface area contributed by atoms with Crippen LogP contribution in [0, 0.1) is 19.7 Å². The summed E-state index contributed by atoms with van der Waals surface area (Å²) >= 11 is 0. The van der Waals surface area contributed by atoms with E-state index in [4.69, 9.17) is 14.6 Å². The van der Waals surface area contributed by atoms with Gasteiger partial charge in [0.2, 0.25) is 0 Å². The van der Waals surface area contributed by atoms with Gasteiger partial charge in [-0.1, -0.05) is 33.4 Å². The molecule has 0 heterocycles. The number of aromatic hydroxyl groups is 1. The van der Waals surface area contributed by atoms with Crippen LogP contribution in [0.5, 0.6) is 11.5 Å². The summed E-state index contributed by atoms with van der Waals surface area (Å²) in [5.41, 5.74) is 5.06. The zero-order valence-electron chi connectivity index (χ0n) is 19.5. The van der Waals surface area contributed by atoms with Crippen molar-refractivity contribution in [1.82, 2.24) is 0 Å². The summed E-state index contributed by atoms with van der Waals surface area (Å²) < 4.78 is 17.6. The molecule has 166 valence electrons. The van der Waals surface area contributed by atoms with Gasteiger partial charge in [-0.2, -0.15) is 0 Å². The van der Waals surface area contributed by atoms with Crippen molar-refractivity contribution in [3.8, 4) is 11.5 Å². The van der Waals surface area contributed by atoms with E-state index in [0.29, 0.717) is 0 Å². The molecule has 0 aliphatic rings. The Bertz CT molecular complexity index is 814. The largest absolute Gasteiger partial charge is 0.505 e. The van der Waals surface area contributed by atoms with Crippen LogP contribution in [0.1, 0.15) is 57.7 Å². The van der Waals surface area contributed by atoms with Crippen molar-refractivity contribution in [2.45, 2.75) is 54.9 Å². The molecule has 0 saturated heterocycles. The van der Waals surface area contributed by atoms with E-state index in [1.54, 1.807) is 26.3 Å². The monoisotopic (exact) mass is 417 g/mol. The second-order valence-electron chi connectivity index (χ2n) is 5.87. The molecule has 0 bridgehead atoms. The molecule has 0 aromatic heterocycles. The average Bonchev–Trinajstić information content (AvgIpc) is 2.74. The Kier molecular flexibility index (Phi) is 16.5. The molecule has 0 aliphatic carbocycles. The number of aldehydes is 1. The van der Waals surface area contributed by atoms with Gasteiger partial charge in [-0.3, -0.25) is 4.99 Å². The van der Waals surface area contributed by atoms with Crippen LogP contribution >= 0.6 is 0 Å². The van der Waals surface area contributed by atoms with E-state index in [1.807, 2.05) is 33.8 Å². The van der Waals surface area contributed by atoms with Gasteiger partial charge >= 0.3 is 0 Å². The van der Waals surface area contributed by atoms with Crippen molar-refractivity contribution in [1.29, 1.82) is 0 Å². The summed E-state index contributed by atoms with van der Waals surface area (Å²) in [4.78, 5) is 13.2. The minimum absolute atomic E-state index is 0.291. The van der Waals surface area contributed by atoms with Gasteiger partial charge in [-0.25, -0.2) is 4.39 Å². The van der Waals surface area contributed by atoms with Crippen LogP contribution in [0.4, 0.5) is 10.1 Å². The predicted molar refractivity (Wildman–Crippen MR) is 127 cm³/mol. The topological polar surface area (TPSA) is 58.9 Å². The molecule has 1 N–H and O–H groups in total. The highest BCUT2D eigenvalue weighted by atomic mass is 19.1. The van der Waals surface area contributed by atoms with Crippen molar-refractivity contribution in [3.05, 3.63) is 59.4 Å². The molecule has 2 aromatic rings. The Hall–Kier alpha value is -2.95. The summed E-state index contributed by atoms with van der Waals surface area (Å²) in [6, 6.07) is 8.33. The number of benzene rings is 2. The van der Waals surface area contributed by atoms with Crippen molar-refractivity contribution < 1.29 is 19.0 Å². The van der Waals surface area contributed by atoms with E-state index in [0.717, 1.165) is 46.4 Å². The molecule has 0 saturated carbocycles. The van der Waals surface area contributed by atoms with E-state index in [1.165, 1.54) is 19.1 Å². The Labute approximate surface area is 181 Å². The number of carbonyl (C=O) groups is 1. The van der Waals surface area contributed by atoms with Crippen LogP contribution < -0.4 is 4.74 Å². The molecule has 2 rings (SSSR count). The SMILES string of the molecule is C=C(CC)c1cc(C)c(OC)cc1N=CC.CC.CC=O.Cc1ccc(O)c(F)c1. The summed E-state index contributed by atoms with van der Waals surface area (Å²) in [7, 11) is 1.68. The lowest BCUT2D eigenvalue weighted by molar-refractivity contribution is -0.106. The highest BCUT2D eigenvalue weighted by molar-refractivity contribution is 5.77. The van der Waals surface area contributed by atoms with Crippen LogP contribution in [-0.4, -0.2) is 24.7 Å². The molecule has 30 heavy (non-hydrogen) atoms. The molecule has 0 aliphatic heterocycles. The van der Waals surface area contributed by atoms with E-state index in [2.05, 4.69) is 24.6 Å². The van der Waals surface area contributed by atoms with Gasteiger partial charge in [0.1, 0.15) is 12.0 Å². The minimum Gasteiger partial charge on any atom is -0.505 e. The van der Waals surface area contributed by atoms with Gasteiger partial charge in [0, 0.05) is 17.8 Å². The van der Waals surface area contributed by atoms with E-state index in [9.17, 15) is 4.39 Å². The second kappa shape index (κ2) is 17.0. The number of halogens is 1. The number of phenols is 1. The number of hydrogen-bond donors (Lipinski definition) is 1. The lowest BCUT2D eigenvalue weighted by atomic mass is 10.0. The van der Waals surface area contributed by atoms with E-state index < -0.39 is 5.82 Å². The average molecular weight is 418 g/mol. The molecule has 0 atom stereocenters. The quantitative estimate of drug-likeness (QED) is 0.422. The zero-order chi connectivity index (χ0) is 23.7. The molecule has 0 amide bonds. The van der Waals surface area contributed by atoms with Crippen molar-refractivity contribution in [3.63, 3.8) is 0 Å². The minimum atomic E-state index is -0.560. The number of methoxy groups -OCH3 is 1. The lowest BCUT2D eigenvalue weighted by Crippen LogP contribution is -1.91. The summed E-state index contributed by atoms with van der Waals surface area (Å²) in [5, 5.41) is 8.67. The van der Waals surface area contributed by atoms with Crippen LogP contribution in [0.3, 0.4) is 0 Å². The van der Waals surface area contributed by atoms with Gasteiger partial charge in [-0.15, -0.1) is 0 Å². The molecule has 0 fully saturated rings. The molecular weight excluding hydrogens is 381 g/mol. The van der Waals surface area contributed by atoms with Crippen LogP contribution in [0.15, 0.2) is 41.9 Å². The standard InChI is InChI=1S/C14H19NO.C7H7FO.C2H4O.C2H6/c1-6-10(3)12-8-11(4)14(16-5)9-13(12)15-7-2;1-5-2-3-7(9)6(8)4-5;1-2-3;1-2/h7-9H,3,6H2,1-2,4-5H3;2-4,9H,1H3;2H,1H3;1-2H3. The Morgan fingerprint density at radius 2 is 1.77 bits per heavy atom. The molecule has 4 nitrogen and oxygen atoms in total. The third-order valence-electron chi connectivity index (χ3n) is 3.69. The number of phenolic OH excluding ortho intramolecular Hbond substituents is 1. The summed E-state index contributed by atoms with van der Waals surface area (Å²) in [5.74, 6) is 0.0175. The Morgan fingerprint density at radius 3 is 2.17 bits per heavy atom. The molecule has 0 radical (unpaired) electrons. The fraction of sp³-hybridized carbons (Fsp3) is 0.360. The second-order valence-corrected chi connectivity index (χ2v) is 5.87. The highest BCUT2D eigenvalue weighted by Crippen LogP contribution is 2.33. The fourth-order valence-electron chi connectivity index (χ4n) is 2.23. The first-order valence-electron chi connectivity index (χ1n) is 9.95. The smallest absolute Gasteiger partial charge is 0.165 e. The third-order valence-corrected chi connectivity index (χ3v) is 3.69. The molecular formula is C25H36FNO3. The number of aryl methyl sites for hydroxylation is 2. The van der Waals surface area contributed by atoms with Crippen LogP contribution in [0.25, 0.3) is 5.57 Å². The van der Waals surface area contributed by atoms with Crippen molar-refractivity contribution >= 4 is 23.8 Å². The van der Waals surface area contributed by atoms with Crippen LogP contribution in [-0.2, 0) is 4.79 Å². The van der Waals surface area contributed by atoms with Crippen molar-refractivity contribution in [2.75, 3.05) is 7.11 Å².